The number of hydrogen-bond acceptors (Lipinski definition) is 6. The van der Waals surface area contributed by atoms with Crippen molar-refractivity contribution in [3.05, 3.63) is 65.5 Å². The van der Waals surface area contributed by atoms with E-state index in [2.05, 4.69) is 22.4 Å². The fourth-order valence-electron chi connectivity index (χ4n) is 3.30. The van der Waals surface area contributed by atoms with Crippen molar-refractivity contribution in [1.29, 1.82) is 0 Å². The van der Waals surface area contributed by atoms with Crippen LogP contribution in [0.4, 0.5) is 5.13 Å². The molecule has 174 valence electrons. The van der Waals surface area contributed by atoms with Gasteiger partial charge in [-0.2, -0.15) is 0 Å². The van der Waals surface area contributed by atoms with Gasteiger partial charge in [0.15, 0.2) is 10.2 Å². The number of nitrogens with zero attached hydrogens (tertiary/aromatic N) is 1. The Hall–Kier alpha value is -2.64. The SMILES string of the molecule is COc1ccc(-c2csc(NC(=O)CCCCCCSC(=O)CCc3ccccc3)n2)cc1. The van der Waals surface area contributed by atoms with Crippen molar-refractivity contribution >= 4 is 39.3 Å². The number of hydrogen-bond donors (Lipinski definition) is 1. The van der Waals surface area contributed by atoms with E-state index in [1.165, 1.54) is 28.7 Å². The lowest BCUT2D eigenvalue weighted by molar-refractivity contribution is -0.116. The lowest BCUT2D eigenvalue weighted by Gasteiger charge is -2.03. The van der Waals surface area contributed by atoms with Gasteiger partial charge in [0, 0.05) is 29.5 Å². The van der Waals surface area contributed by atoms with Crippen LogP contribution in [-0.2, 0) is 16.0 Å². The highest BCUT2D eigenvalue weighted by Gasteiger charge is 2.09. The summed E-state index contributed by atoms with van der Waals surface area (Å²) in [6, 6.07) is 17.8. The number of thioether (sulfide) groups is 1. The second kappa shape index (κ2) is 13.8. The van der Waals surface area contributed by atoms with E-state index in [0.717, 1.165) is 54.9 Å². The van der Waals surface area contributed by atoms with Gasteiger partial charge in [-0.15, -0.1) is 11.3 Å². The van der Waals surface area contributed by atoms with Crippen molar-refractivity contribution in [1.82, 2.24) is 4.98 Å². The highest BCUT2D eigenvalue weighted by atomic mass is 32.2. The number of aromatic nitrogens is 1. The maximum atomic E-state index is 12.2. The Balaban J connectivity index is 1.24. The molecule has 0 saturated carbocycles. The summed E-state index contributed by atoms with van der Waals surface area (Å²) in [5.74, 6) is 1.65. The molecule has 0 unspecified atom stereocenters. The lowest BCUT2D eigenvalue weighted by Crippen LogP contribution is -2.10. The molecule has 0 bridgehead atoms. The van der Waals surface area contributed by atoms with Crippen molar-refractivity contribution in [3.63, 3.8) is 0 Å². The van der Waals surface area contributed by atoms with E-state index in [1.807, 2.05) is 47.8 Å². The first-order valence-corrected chi connectivity index (χ1v) is 13.1. The van der Waals surface area contributed by atoms with Crippen LogP contribution >= 0.6 is 23.1 Å². The molecule has 0 aliphatic rings. The Labute approximate surface area is 204 Å². The number of aryl methyl sites for hydroxylation is 1. The molecule has 2 aromatic carbocycles. The molecular weight excluding hydrogens is 452 g/mol. The smallest absolute Gasteiger partial charge is 0.226 e. The topological polar surface area (TPSA) is 68.3 Å². The number of ether oxygens (including phenoxy) is 1. The minimum Gasteiger partial charge on any atom is -0.497 e. The number of rotatable bonds is 13. The Bertz CT molecular complexity index is 1000. The standard InChI is InChI=1S/C26H30N2O3S2/c1-31-22-15-13-21(14-16-22)23-19-33-26(27-23)28-24(29)11-7-2-3-8-18-32-25(30)17-12-20-9-5-4-6-10-20/h4-6,9-10,13-16,19H,2-3,7-8,11-12,17-18H2,1H3,(H,27,28,29). The van der Waals surface area contributed by atoms with Gasteiger partial charge in [0.25, 0.3) is 0 Å². The molecule has 1 aromatic heterocycles. The molecule has 3 aromatic rings. The van der Waals surface area contributed by atoms with Crippen molar-refractivity contribution in [2.75, 3.05) is 18.2 Å². The quantitative estimate of drug-likeness (QED) is 0.278. The van der Waals surface area contributed by atoms with Crippen molar-refractivity contribution < 1.29 is 14.3 Å². The molecule has 0 atom stereocenters. The first-order valence-electron chi connectivity index (χ1n) is 11.2. The average Bonchev–Trinajstić information content (AvgIpc) is 3.31. The summed E-state index contributed by atoms with van der Waals surface area (Å²) in [4.78, 5) is 28.7. The zero-order valence-corrected chi connectivity index (χ0v) is 20.6. The third kappa shape index (κ3) is 9.02. The number of carbonyl (C=O) groups is 2. The van der Waals surface area contributed by atoms with Crippen molar-refractivity contribution in [2.45, 2.75) is 44.9 Å². The molecule has 0 aliphatic heterocycles. The fraction of sp³-hybridized carbons (Fsp3) is 0.346. The normalized spacial score (nSPS) is 10.7. The monoisotopic (exact) mass is 482 g/mol. The molecule has 1 N–H and O–H groups in total. The van der Waals surface area contributed by atoms with Crippen LogP contribution in [0.5, 0.6) is 5.75 Å². The van der Waals surface area contributed by atoms with Crippen LogP contribution in [0.25, 0.3) is 11.3 Å². The molecule has 7 heteroatoms. The molecule has 1 amide bonds. The Morgan fingerprint density at radius 2 is 1.73 bits per heavy atom. The Kier molecular flexibility index (Phi) is 10.5. The molecular formula is C26H30N2O3S2. The average molecular weight is 483 g/mol. The number of amides is 1. The van der Waals surface area contributed by atoms with E-state index in [0.29, 0.717) is 18.0 Å². The Morgan fingerprint density at radius 3 is 2.48 bits per heavy atom. The summed E-state index contributed by atoms with van der Waals surface area (Å²) in [5, 5.41) is 5.72. The summed E-state index contributed by atoms with van der Waals surface area (Å²) < 4.78 is 5.18. The summed E-state index contributed by atoms with van der Waals surface area (Å²) in [7, 11) is 1.64. The zero-order valence-electron chi connectivity index (χ0n) is 18.9. The van der Waals surface area contributed by atoms with E-state index >= 15 is 0 Å². The van der Waals surface area contributed by atoms with Gasteiger partial charge in [-0.05, 0) is 49.1 Å². The van der Waals surface area contributed by atoms with E-state index in [1.54, 1.807) is 7.11 Å². The number of methoxy groups -OCH3 is 1. The second-order valence-corrected chi connectivity index (χ2v) is 9.70. The summed E-state index contributed by atoms with van der Waals surface area (Å²) in [5.41, 5.74) is 3.04. The van der Waals surface area contributed by atoms with Gasteiger partial charge in [-0.1, -0.05) is 54.9 Å². The second-order valence-electron chi connectivity index (χ2n) is 7.68. The van der Waals surface area contributed by atoms with Gasteiger partial charge < -0.3 is 10.1 Å². The third-order valence-corrected chi connectivity index (χ3v) is 6.93. The van der Waals surface area contributed by atoms with Crippen LogP contribution in [0.3, 0.4) is 0 Å². The number of benzene rings is 2. The summed E-state index contributed by atoms with van der Waals surface area (Å²) in [6.07, 6.45) is 5.75. The van der Waals surface area contributed by atoms with Gasteiger partial charge in [0.1, 0.15) is 5.75 Å². The highest BCUT2D eigenvalue weighted by Crippen LogP contribution is 2.26. The molecule has 0 radical (unpaired) electrons. The van der Waals surface area contributed by atoms with Gasteiger partial charge in [-0.25, -0.2) is 4.98 Å². The number of carbonyl (C=O) groups excluding carboxylic acids is 2. The molecule has 0 fully saturated rings. The molecule has 0 saturated heterocycles. The van der Waals surface area contributed by atoms with Crippen LogP contribution in [0.15, 0.2) is 60.0 Å². The van der Waals surface area contributed by atoms with E-state index < -0.39 is 0 Å². The predicted octanol–water partition coefficient (Wildman–Crippen LogP) is 6.60. The van der Waals surface area contributed by atoms with E-state index in [-0.39, 0.29) is 11.0 Å². The van der Waals surface area contributed by atoms with Crippen LogP contribution in [0.2, 0.25) is 0 Å². The number of anilines is 1. The lowest BCUT2D eigenvalue weighted by atomic mass is 10.1. The van der Waals surface area contributed by atoms with Gasteiger partial charge in [0.2, 0.25) is 5.91 Å². The minimum atomic E-state index is -0.00362. The van der Waals surface area contributed by atoms with Gasteiger partial charge >= 0.3 is 0 Å². The molecule has 5 nitrogen and oxygen atoms in total. The molecule has 0 aliphatic carbocycles. The van der Waals surface area contributed by atoms with Crippen molar-refractivity contribution in [2.24, 2.45) is 0 Å². The van der Waals surface area contributed by atoms with Crippen LogP contribution in [0, 0.1) is 0 Å². The van der Waals surface area contributed by atoms with Crippen LogP contribution < -0.4 is 10.1 Å². The molecule has 3 rings (SSSR count). The number of thiazole rings is 1. The largest absolute Gasteiger partial charge is 0.497 e. The summed E-state index contributed by atoms with van der Waals surface area (Å²) in [6.45, 7) is 0. The van der Waals surface area contributed by atoms with E-state index in [9.17, 15) is 9.59 Å². The Morgan fingerprint density at radius 1 is 0.970 bits per heavy atom. The maximum absolute atomic E-state index is 12.2. The molecule has 1 heterocycles. The highest BCUT2D eigenvalue weighted by molar-refractivity contribution is 8.13. The van der Waals surface area contributed by atoms with Gasteiger partial charge in [0.05, 0.1) is 12.8 Å². The first kappa shape index (κ1) is 25.0. The molecule has 33 heavy (non-hydrogen) atoms. The number of nitrogens with one attached hydrogen (secondary N) is 1. The third-order valence-electron chi connectivity index (χ3n) is 5.16. The first-order chi connectivity index (χ1) is 16.1. The summed E-state index contributed by atoms with van der Waals surface area (Å²) >= 11 is 2.86. The number of unbranched alkanes of at least 4 members (excludes halogenated alkanes) is 3. The maximum Gasteiger partial charge on any atom is 0.226 e. The van der Waals surface area contributed by atoms with E-state index in [4.69, 9.17) is 4.74 Å². The van der Waals surface area contributed by atoms with Crippen LogP contribution in [-0.4, -0.2) is 28.9 Å². The minimum absolute atomic E-state index is 0.00362. The zero-order chi connectivity index (χ0) is 23.3. The predicted molar refractivity (Wildman–Crippen MR) is 138 cm³/mol. The molecule has 0 spiro atoms. The van der Waals surface area contributed by atoms with Crippen molar-refractivity contribution in [3.8, 4) is 17.0 Å². The van der Waals surface area contributed by atoms with Crippen LogP contribution in [0.1, 0.15) is 44.1 Å². The fourth-order valence-corrected chi connectivity index (χ4v) is 4.86. The van der Waals surface area contributed by atoms with Gasteiger partial charge in [-0.3, -0.25) is 9.59 Å².